The zero-order valence-corrected chi connectivity index (χ0v) is 11.7. The van der Waals surface area contributed by atoms with E-state index in [0.717, 1.165) is 11.1 Å². The summed E-state index contributed by atoms with van der Waals surface area (Å²) >= 11 is 0. The lowest BCUT2D eigenvalue weighted by Gasteiger charge is -2.05. The molecule has 0 atom stereocenters. The minimum absolute atomic E-state index is 0.0232. The summed E-state index contributed by atoms with van der Waals surface area (Å²) in [6, 6.07) is 16.3. The Balaban J connectivity index is 1.79. The van der Waals surface area contributed by atoms with Crippen molar-refractivity contribution in [3.8, 4) is 17.0 Å². The number of hydrogen-bond donors (Lipinski definition) is 1. The summed E-state index contributed by atoms with van der Waals surface area (Å²) < 4.78 is 10.3. The van der Waals surface area contributed by atoms with E-state index in [4.69, 9.17) is 9.84 Å². The average molecular weight is 298 g/mol. The van der Waals surface area contributed by atoms with Crippen molar-refractivity contribution in [2.45, 2.75) is 13.2 Å². The molecule has 2 aromatic carbocycles. The molecule has 1 aromatic heterocycles. The number of ether oxygens (including phenoxy) is 1. The molecule has 0 aliphatic carbocycles. The van der Waals surface area contributed by atoms with Crippen LogP contribution in [0, 0.1) is 5.21 Å². The van der Waals surface area contributed by atoms with Crippen LogP contribution in [0.3, 0.4) is 0 Å². The van der Waals surface area contributed by atoms with Gasteiger partial charge in [0, 0.05) is 10.7 Å². The van der Waals surface area contributed by atoms with E-state index >= 15 is 0 Å². The Morgan fingerprint density at radius 1 is 1.09 bits per heavy atom. The van der Waals surface area contributed by atoms with Crippen LogP contribution in [0.2, 0.25) is 0 Å². The Kier molecular flexibility index (Phi) is 4.02. The number of aromatic nitrogens is 2. The van der Waals surface area contributed by atoms with Gasteiger partial charge in [-0.05, 0) is 22.6 Å². The van der Waals surface area contributed by atoms with Crippen LogP contribution < -0.4 is 9.64 Å². The highest BCUT2D eigenvalue weighted by Gasteiger charge is 2.21. The number of aliphatic hydroxyl groups is 1. The highest BCUT2D eigenvalue weighted by molar-refractivity contribution is 5.59. The molecule has 112 valence electrons. The third-order valence-electron chi connectivity index (χ3n) is 3.23. The fourth-order valence-corrected chi connectivity index (χ4v) is 2.05. The molecule has 0 aliphatic rings. The van der Waals surface area contributed by atoms with Gasteiger partial charge in [0.2, 0.25) is 5.69 Å². The second kappa shape index (κ2) is 6.28. The standard InChI is InChI=1S/C16H14N2O4/c19-10-12-6-8-14(9-7-12)21-11-15-16(17-22-18(15)20)13-4-2-1-3-5-13/h1-9,19H,10-11H2. The van der Waals surface area contributed by atoms with Crippen LogP contribution in [-0.4, -0.2) is 10.3 Å². The summed E-state index contributed by atoms with van der Waals surface area (Å²) in [6.07, 6.45) is 0. The first-order valence-corrected chi connectivity index (χ1v) is 6.74. The molecule has 0 unspecified atom stereocenters. The third kappa shape index (κ3) is 2.91. The van der Waals surface area contributed by atoms with Crippen LogP contribution in [0.4, 0.5) is 0 Å². The summed E-state index contributed by atoms with van der Waals surface area (Å²) in [5.41, 5.74) is 2.34. The molecule has 22 heavy (non-hydrogen) atoms. The number of benzene rings is 2. The van der Waals surface area contributed by atoms with E-state index in [1.165, 1.54) is 0 Å². The number of rotatable bonds is 5. The molecule has 0 amide bonds. The van der Waals surface area contributed by atoms with Crippen LogP contribution in [0.25, 0.3) is 11.3 Å². The second-order valence-electron chi connectivity index (χ2n) is 4.68. The summed E-state index contributed by atoms with van der Waals surface area (Å²) in [5.74, 6) is 0.595. The normalized spacial score (nSPS) is 10.6. The van der Waals surface area contributed by atoms with E-state index in [9.17, 15) is 5.21 Å². The number of hydrogen-bond acceptors (Lipinski definition) is 5. The lowest BCUT2D eigenvalue weighted by atomic mass is 10.1. The van der Waals surface area contributed by atoms with E-state index in [1.54, 1.807) is 24.3 Å². The zero-order chi connectivity index (χ0) is 15.4. The van der Waals surface area contributed by atoms with Gasteiger partial charge in [-0.3, -0.25) is 4.63 Å². The van der Waals surface area contributed by atoms with Crippen LogP contribution >= 0.6 is 0 Å². The van der Waals surface area contributed by atoms with Crippen LogP contribution in [-0.2, 0) is 13.2 Å². The van der Waals surface area contributed by atoms with Crippen LogP contribution in [0.5, 0.6) is 5.75 Å². The predicted molar refractivity (Wildman–Crippen MR) is 77.6 cm³/mol. The fourth-order valence-electron chi connectivity index (χ4n) is 2.05. The first-order chi connectivity index (χ1) is 10.8. The average Bonchev–Trinajstić information content (AvgIpc) is 2.95. The van der Waals surface area contributed by atoms with Gasteiger partial charge < -0.3 is 15.1 Å². The quantitative estimate of drug-likeness (QED) is 0.729. The fraction of sp³-hybridized carbons (Fsp3) is 0.125. The van der Waals surface area contributed by atoms with Gasteiger partial charge in [0.15, 0.2) is 6.61 Å². The van der Waals surface area contributed by atoms with Gasteiger partial charge in [-0.15, -0.1) is 0 Å². The maximum Gasteiger partial charge on any atom is 0.255 e. The Bertz CT molecular complexity index is 739. The molecular formula is C16H14N2O4. The largest absolute Gasteiger partial charge is 0.485 e. The van der Waals surface area contributed by atoms with Crippen LogP contribution in [0.1, 0.15) is 11.3 Å². The number of aliphatic hydroxyl groups excluding tert-OH is 1. The van der Waals surface area contributed by atoms with Gasteiger partial charge in [-0.1, -0.05) is 42.5 Å². The Morgan fingerprint density at radius 2 is 1.82 bits per heavy atom. The van der Waals surface area contributed by atoms with Gasteiger partial charge in [-0.2, -0.15) is 0 Å². The molecule has 1 heterocycles. The molecule has 0 fully saturated rings. The molecule has 3 aromatic rings. The summed E-state index contributed by atoms with van der Waals surface area (Å²) in [5, 5.41) is 24.5. The highest BCUT2D eigenvalue weighted by Crippen LogP contribution is 2.21. The Hall–Kier alpha value is -2.86. The lowest BCUT2D eigenvalue weighted by Crippen LogP contribution is -2.29. The second-order valence-corrected chi connectivity index (χ2v) is 4.68. The maximum absolute atomic E-state index is 11.7. The van der Waals surface area contributed by atoms with E-state index in [-0.39, 0.29) is 13.2 Å². The third-order valence-corrected chi connectivity index (χ3v) is 3.23. The molecule has 6 nitrogen and oxygen atoms in total. The van der Waals surface area contributed by atoms with E-state index < -0.39 is 0 Å². The van der Waals surface area contributed by atoms with Crippen molar-refractivity contribution in [1.82, 2.24) is 5.16 Å². The van der Waals surface area contributed by atoms with Crippen molar-refractivity contribution in [3.05, 3.63) is 71.1 Å². The smallest absolute Gasteiger partial charge is 0.255 e. The maximum atomic E-state index is 11.7. The summed E-state index contributed by atoms with van der Waals surface area (Å²) in [7, 11) is 0. The van der Waals surface area contributed by atoms with Gasteiger partial charge in [0.25, 0.3) is 5.69 Å². The van der Waals surface area contributed by atoms with Crippen molar-refractivity contribution >= 4 is 0 Å². The molecular weight excluding hydrogens is 284 g/mol. The molecule has 0 aliphatic heterocycles. The minimum Gasteiger partial charge on any atom is -0.485 e. The van der Waals surface area contributed by atoms with Gasteiger partial charge in [0.05, 0.1) is 6.61 Å². The van der Waals surface area contributed by atoms with Crippen molar-refractivity contribution in [2.75, 3.05) is 0 Å². The first kappa shape index (κ1) is 14.1. The van der Waals surface area contributed by atoms with E-state index in [0.29, 0.717) is 22.0 Å². The minimum atomic E-state index is -0.0232. The first-order valence-electron chi connectivity index (χ1n) is 6.74. The molecule has 0 spiro atoms. The van der Waals surface area contributed by atoms with E-state index in [1.807, 2.05) is 30.3 Å². The van der Waals surface area contributed by atoms with Gasteiger partial charge in [0.1, 0.15) is 5.75 Å². The summed E-state index contributed by atoms with van der Waals surface area (Å²) in [6.45, 7) is 0.0142. The molecule has 0 saturated carbocycles. The molecule has 3 rings (SSSR count). The number of nitrogens with zero attached hydrogens (tertiary/aromatic N) is 2. The Morgan fingerprint density at radius 3 is 2.50 bits per heavy atom. The molecule has 0 radical (unpaired) electrons. The van der Waals surface area contributed by atoms with Gasteiger partial charge in [-0.25, -0.2) is 0 Å². The SMILES string of the molecule is [O-][n+]1onc(-c2ccccc2)c1COc1ccc(CO)cc1. The van der Waals surface area contributed by atoms with Crippen LogP contribution in [0.15, 0.2) is 59.2 Å². The highest BCUT2D eigenvalue weighted by atomic mass is 16.8. The lowest BCUT2D eigenvalue weighted by molar-refractivity contribution is -0.808. The van der Waals surface area contributed by atoms with Crippen molar-refractivity contribution in [2.24, 2.45) is 0 Å². The summed E-state index contributed by atoms with van der Waals surface area (Å²) in [4.78, 5) is 0.352. The molecule has 0 saturated heterocycles. The monoisotopic (exact) mass is 298 g/mol. The predicted octanol–water partition coefficient (Wildman–Crippen LogP) is 2.05. The van der Waals surface area contributed by atoms with Crippen molar-refractivity contribution in [3.63, 3.8) is 0 Å². The molecule has 1 N–H and O–H groups in total. The van der Waals surface area contributed by atoms with Crippen molar-refractivity contribution < 1.29 is 19.4 Å². The topological polar surface area (TPSA) is 82.4 Å². The Labute approximate surface area is 126 Å². The van der Waals surface area contributed by atoms with Crippen molar-refractivity contribution in [1.29, 1.82) is 0 Å². The van der Waals surface area contributed by atoms with Gasteiger partial charge >= 0.3 is 0 Å². The van der Waals surface area contributed by atoms with E-state index in [2.05, 4.69) is 9.79 Å². The molecule has 0 bridgehead atoms. The zero-order valence-electron chi connectivity index (χ0n) is 11.7. The molecule has 6 heteroatoms.